The molecule has 0 aliphatic carbocycles. The minimum Gasteiger partial charge on any atom is -0.224 e. The molecule has 0 N–H and O–H groups in total. The summed E-state index contributed by atoms with van der Waals surface area (Å²) < 4.78 is 60.4. The van der Waals surface area contributed by atoms with Gasteiger partial charge in [0.15, 0.2) is 9.84 Å². The van der Waals surface area contributed by atoms with Gasteiger partial charge in [0.1, 0.15) is 0 Å². The molecule has 0 bridgehead atoms. The van der Waals surface area contributed by atoms with Gasteiger partial charge in [-0.15, -0.1) is 0 Å². The highest BCUT2D eigenvalue weighted by Gasteiger charge is 2.29. The number of hydrogen-bond donors (Lipinski definition) is 0. The van der Waals surface area contributed by atoms with Crippen molar-refractivity contribution >= 4 is 15.9 Å². The second-order valence-electron chi connectivity index (χ2n) is 4.95. The van der Waals surface area contributed by atoms with E-state index in [9.17, 15) is 21.6 Å². The Bertz CT molecular complexity index is 787. The molecule has 0 saturated heterocycles. The van der Waals surface area contributed by atoms with Crippen LogP contribution in [-0.4, -0.2) is 14.2 Å². The van der Waals surface area contributed by atoms with E-state index in [4.69, 9.17) is 0 Å². The van der Waals surface area contributed by atoms with Crippen molar-refractivity contribution in [3.05, 3.63) is 65.1 Å². The van der Waals surface area contributed by atoms with Gasteiger partial charge >= 0.3 is 6.18 Å². The van der Waals surface area contributed by atoms with Crippen LogP contribution in [0.3, 0.4) is 0 Å². The van der Waals surface area contributed by atoms with E-state index in [0.29, 0.717) is 11.1 Å². The van der Waals surface area contributed by atoms with Gasteiger partial charge in [0, 0.05) is 5.41 Å². The summed E-state index contributed by atoms with van der Waals surface area (Å²) in [6, 6.07) is 11.8. The van der Waals surface area contributed by atoms with E-state index in [1.807, 2.05) is 0 Å². The normalized spacial score (nSPS) is 12.7. The van der Waals surface area contributed by atoms with Crippen LogP contribution in [0.25, 0.3) is 17.2 Å². The van der Waals surface area contributed by atoms with Crippen LogP contribution in [0.2, 0.25) is 0 Å². The van der Waals surface area contributed by atoms with Crippen LogP contribution in [0.15, 0.2) is 53.9 Å². The smallest absolute Gasteiger partial charge is 0.224 e. The summed E-state index contributed by atoms with van der Waals surface area (Å²) in [5.74, 6) is 0.0349. The topological polar surface area (TPSA) is 34.1 Å². The van der Waals surface area contributed by atoms with Gasteiger partial charge < -0.3 is 0 Å². The van der Waals surface area contributed by atoms with Crippen LogP contribution in [0.1, 0.15) is 18.1 Å². The fourth-order valence-corrected chi connectivity index (χ4v) is 2.47. The Morgan fingerprint density at radius 1 is 0.913 bits per heavy atom. The van der Waals surface area contributed by atoms with Crippen LogP contribution >= 0.6 is 0 Å². The molecule has 0 saturated carbocycles. The zero-order valence-electron chi connectivity index (χ0n) is 12.3. The summed E-state index contributed by atoms with van der Waals surface area (Å²) in [5, 5.41) is 1.15. The van der Waals surface area contributed by atoms with Crippen molar-refractivity contribution in [3.8, 4) is 11.1 Å². The molecule has 0 atom stereocenters. The summed E-state index contributed by atoms with van der Waals surface area (Å²) >= 11 is 0. The van der Waals surface area contributed by atoms with Gasteiger partial charge in [0.2, 0.25) is 0 Å². The van der Waals surface area contributed by atoms with Crippen molar-refractivity contribution in [1.82, 2.24) is 0 Å². The molecule has 2 nitrogen and oxygen atoms in total. The molecule has 23 heavy (non-hydrogen) atoms. The zero-order valence-corrected chi connectivity index (χ0v) is 13.2. The van der Waals surface area contributed by atoms with Gasteiger partial charge in [-0.25, -0.2) is 8.42 Å². The highest BCUT2D eigenvalue weighted by Crippen LogP contribution is 2.31. The first-order valence-electron chi connectivity index (χ1n) is 6.90. The molecule has 2 rings (SSSR count). The fourth-order valence-electron chi connectivity index (χ4n) is 1.92. The molecule has 6 heteroatoms. The largest absolute Gasteiger partial charge is 0.416 e. The first-order chi connectivity index (χ1) is 10.7. The monoisotopic (exact) mass is 340 g/mol. The lowest BCUT2D eigenvalue weighted by molar-refractivity contribution is -0.137. The van der Waals surface area contributed by atoms with Gasteiger partial charge in [-0.2, -0.15) is 13.2 Å². The van der Waals surface area contributed by atoms with E-state index in [2.05, 4.69) is 0 Å². The third kappa shape index (κ3) is 4.69. The number of halogens is 3. The zero-order chi connectivity index (χ0) is 17.1. The Kier molecular flexibility index (Phi) is 4.94. The van der Waals surface area contributed by atoms with Crippen LogP contribution in [0.5, 0.6) is 0 Å². The summed E-state index contributed by atoms with van der Waals surface area (Å²) in [4.78, 5) is 0. The molecular weight excluding hydrogens is 325 g/mol. The van der Waals surface area contributed by atoms with E-state index >= 15 is 0 Å². The summed E-state index contributed by atoms with van der Waals surface area (Å²) in [5.41, 5.74) is 1.44. The molecule has 0 fully saturated rings. The Balaban J connectivity index is 2.20. The van der Waals surface area contributed by atoms with Crippen molar-refractivity contribution in [1.29, 1.82) is 0 Å². The number of sulfone groups is 1. The lowest BCUT2D eigenvalue weighted by Gasteiger charge is -2.08. The molecule has 0 amide bonds. The Morgan fingerprint density at radius 3 is 1.83 bits per heavy atom. The minimum absolute atomic E-state index is 0.0349. The molecule has 0 aliphatic rings. The van der Waals surface area contributed by atoms with E-state index in [1.165, 1.54) is 18.2 Å². The van der Waals surface area contributed by atoms with Gasteiger partial charge in [-0.05, 0) is 34.9 Å². The van der Waals surface area contributed by atoms with E-state index in [1.54, 1.807) is 31.2 Å². The summed E-state index contributed by atoms with van der Waals surface area (Å²) in [6.07, 6.45) is -2.85. The molecule has 2 aromatic rings. The average molecular weight is 340 g/mol. The van der Waals surface area contributed by atoms with Crippen LogP contribution in [0, 0.1) is 0 Å². The first kappa shape index (κ1) is 17.3. The standard InChI is InChI=1S/C17H15F3O2S/c1-2-23(21,22)12-11-13-3-5-14(6-4-13)15-7-9-16(10-8-15)17(18,19)20/h3-12H,2H2,1H3. The molecule has 0 radical (unpaired) electrons. The van der Waals surface area contributed by atoms with Gasteiger partial charge in [0.25, 0.3) is 0 Å². The van der Waals surface area contributed by atoms with Crippen molar-refractivity contribution in [2.75, 3.05) is 5.75 Å². The van der Waals surface area contributed by atoms with Crippen molar-refractivity contribution in [2.45, 2.75) is 13.1 Å². The van der Waals surface area contributed by atoms with Gasteiger partial charge in [-0.3, -0.25) is 0 Å². The minimum atomic E-state index is -4.35. The van der Waals surface area contributed by atoms with Gasteiger partial charge in [0.05, 0.1) is 11.3 Å². The van der Waals surface area contributed by atoms with Crippen molar-refractivity contribution < 1.29 is 21.6 Å². The highest BCUT2D eigenvalue weighted by atomic mass is 32.2. The fraction of sp³-hybridized carbons (Fsp3) is 0.176. The van der Waals surface area contributed by atoms with E-state index < -0.39 is 21.6 Å². The first-order valence-corrected chi connectivity index (χ1v) is 8.61. The second kappa shape index (κ2) is 6.58. The van der Waals surface area contributed by atoms with E-state index in [-0.39, 0.29) is 5.75 Å². The van der Waals surface area contributed by atoms with E-state index in [0.717, 1.165) is 23.1 Å². The Labute approximate surface area is 133 Å². The predicted octanol–water partition coefficient (Wildman–Crippen LogP) is 4.78. The summed E-state index contributed by atoms with van der Waals surface area (Å²) in [7, 11) is -3.19. The maximum Gasteiger partial charge on any atom is 0.416 e. The number of rotatable bonds is 4. The molecule has 0 unspecified atom stereocenters. The molecule has 0 spiro atoms. The highest BCUT2D eigenvalue weighted by molar-refractivity contribution is 7.94. The molecule has 0 heterocycles. The van der Waals surface area contributed by atoms with Crippen LogP contribution < -0.4 is 0 Å². The predicted molar refractivity (Wildman–Crippen MR) is 85.4 cm³/mol. The number of benzene rings is 2. The van der Waals surface area contributed by atoms with Crippen molar-refractivity contribution in [3.63, 3.8) is 0 Å². The molecule has 122 valence electrons. The maximum absolute atomic E-state index is 12.5. The Morgan fingerprint density at radius 2 is 1.39 bits per heavy atom. The lowest BCUT2D eigenvalue weighted by atomic mass is 10.0. The number of hydrogen-bond acceptors (Lipinski definition) is 2. The number of alkyl halides is 3. The van der Waals surface area contributed by atoms with Crippen LogP contribution in [-0.2, 0) is 16.0 Å². The lowest BCUT2D eigenvalue weighted by Crippen LogP contribution is -2.03. The third-order valence-corrected chi connectivity index (χ3v) is 4.68. The SMILES string of the molecule is CCS(=O)(=O)C=Cc1ccc(-c2ccc(C(F)(F)F)cc2)cc1. The Hall–Kier alpha value is -2.08. The maximum atomic E-state index is 12.5. The van der Waals surface area contributed by atoms with Crippen LogP contribution in [0.4, 0.5) is 13.2 Å². The quantitative estimate of drug-likeness (QED) is 0.803. The molecule has 2 aromatic carbocycles. The average Bonchev–Trinajstić information content (AvgIpc) is 2.53. The van der Waals surface area contributed by atoms with Gasteiger partial charge in [-0.1, -0.05) is 43.3 Å². The molecule has 0 aromatic heterocycles. The molecule has 0 aliphatic heterocycles. The van der Waals surface area contributed by atoms with Crippen molar-refractivity contribution in [2.24, 2.45) is 0 Å². The summed E-state index contributed by atoms with van der Waals surface area (Å²) in [6.45, 7) is 1.56. The third-order valence-electron chi connectivity index (χ3n) is 3.33. The molecular formula is C17H15F3O2S. The second-order valence-corrected chi connectivity index (χ2v) is 7.13.